The highest BCUT2D eigenvalue weighted by Crippen LogP contribution is 2.23. The highest BCUT2D eigenvalue weighted by atomic mass is 32.2. The summed E-state index contributed by atoms with van der Waals surface area (Å²) in [6.45, 7) is 2.54. The van der Waals surface area contributed by atoms with Gasteiger partial charge in [-0.05, 0) is 49.4 Å². The zero-order chi connectivity index (χ0) is 15.6. The average molecular weight is 313 g/mol. The second kappa shape index (κ2) is 6.23. The summed E-state index contributed by atoms with van der Waals surface area (Å²) >= 11 is 0. The quantitative estimate of drug-likeness (QED) is 0.802. The third kappa shape index (κ3) is 4.11. The van der Waals surface area contributed by atoms with Crippen LogP contribution in [0.1, 0.15) is 35.2 Å². The van der Waals surface area contributed by atoms with Crippen molar-refractivity contribution in [2.75, 3.05) is 19.3 Å². The molecule has 1 aliphatic heterocycles. The molecule has 4 nitrogen and oxygen atoms in total. The van der Waals surface area contributed by atoms with E-state index in [-0.39, 0.29) is 17.5 Å². The first kappa shape index (κ1) is 16.1. The van der Waals surface area contributed by atoms with Crippen molar-refractivity contribution in [1.29, 1.82) is 0 Å². The van der Waals surface area contributed by atoms with Gasteiger partial charge in [-0.2, -0.15) is 0 Å². The number of halogens is 1. The first-order chi connectivity index (χ1) is 9.77. The average Bonchev–Trinajstić information content (AvgIpc) is 2.41. The summed E-state index contributed by atoms with van der Waals surface area (Å²) in [5.41, 5.74) is 0.938. The van der Waals surface area contributed by atoms with Crippen molar-refractivity contribution in [1.82, 2.24) is 4.31 Å². The number of Topliss-reactive ketones (excluding diaryl/α,β-unsaturated/α-hetero) is 1. The van der Waals surface area contributed by atoms with Gasteiger partial charge in [0.05, 0.1) is 6.26 Å². The molecule has 0 aromatic heterocycles. The molecule has 0 bridgehead atoms. The van der Waals surface area contributed by atoms with E-state index in [1.165, 1.54) is 22.7 Å². The Bertz CT molecular complexity index is 642. The largest absolute Gasteiger partial charge is 0.294 e. The summed E-state index contributed by atoms with van der Waals surface area (Å²) in [6.07, 6.45) is 3.11. The summed E-state index contributed by atoms with van der Waals surface area (Å²) < 4.78 is 37.8. The van der Waals surface area contributed by atoms with Crippen LogP contribution >= 0.6 is 0 Å². The molecule has 2 rings (SSSR count). The van der Waals surface area contributed by atoms with Crippen molar-refractivity contribution in [3.63, 3.8) is 0 Å². The van der Waals surface area contributed by atoms with E-state index in [0.29, 0.717) is 30.6 Å². The van der Waals surface area contributed by atoms with Crippen molar-refractivity contribution in [2.45, 2.75) is 26.2 Å². The lowest BCUT2D eigenvalue weighted by molar-refractivity contribution is 0.0942. The van der Waals surface area contributed by atoms with Crippen LogP contribution in [-0.2, 0) is 10.0 Å². The van der Waals surface area contributed by atoms with E-state index in [0.717, 1.165) is 12.8 Å². The second-order valence-electron chi connectivity index (χ2n) is 5.72. The Morgan fingerprint density at radius 3 is 2.76 bits per heavy atom. The Hall–Kier alpha value is -1.27. The Morgan fingerprint density at radius 2 is 2.14 bits per heavy atom. The monoisotopic (exact) mass is 313 g/mol. The Labute approximate surface area is 125 Å². The van der Waals surface area contributed by atoms with Gasteiger partial charge >= 0.3 is 0 Å². The number of rotatable bonds is 4. The molecule has 0 spiro atoms. The van der Waals surface area contributed by atoms with Crippen molar-refractivity contribution >= 4 is 15.8 Å². The van der Waals surface area contributed by atoms with Crippen molar-refractivity contribution in [3.05, 3.63) is 35.1 Å². The second-order valence-corrected chi connectivity index (χ2v) is 7.70. The first-order valence-corrected chi connectivity index (χ1v) is 8.86. The standard InChI is InChI=1S/C15H20FNO3S/c1-11-8-13(5-6-14(11)16)15(18)9-12-4-3-7-17(10-12)21(2,19)20/h5-6,8,12H,3-4,7,9-10H2,1-2H3. The molecule has 1 heterocycles. The van der Waals surface area contributed by atoms with E-state index >= 15 is 0 Å². The molecule has 1 fully saturated rings. The van der Waals surface area contributed by atoms with Gasteiger partial charge in [-0.25, -0.2) is 17.1 Å². The molecule has 21 heavy (non-hydrogen) atoms. The number of nitrogens with zero attached hydrogens (tertiary/aromatic N) is 1. The zero-order valence-electron chi connectivity index (χ0n) is 12.3. The van der Waals surface area contributed by atoms with E-state index in [9.17, 15) is 17.6 Å². The minimum atomic E-state index is -3.20. The summed E-state index contributed by atoms with van der Waals surface area (Å²) in [7, 11) is -3.20. The minimum Gasteiger partial charge on any atom is -0.294 e. The summed E-state index contributed by atoms with van der Waals surface area (Å²) in [6, 6.07) is 4.34. The first-order valence-electron chi connectivity index (χ1n) is 7.02. The lowest BCUT2D eigenvalue weighted by atomic mass is 9.91. The van der Waals surface area contributed by atoms with Gasteiger partial charge in [0.1, 0.15) is 5.82 Å². The zero-order valence-corrected chi connectivity index (χ0v) is 13.1. The minimum absolute atomic E-state index is 0.0336. The Balaban J connectivity index is 2.03. The predicted molar refractivity (Wildman–Crippen MR) is 79.2 cm³/mol. The molecule has 6 heteroatoms. The van der Waals surface area contributed by atoms with Crippen LogP contribution in [0.4, 0.5) is 4.39 Å². The fourth-order valence-corrected chi connectivity index (χ4v) is 3.64. The number of benzene rings is 1. The highest BCUT2D eigenvalue weighted by molar-refractivity contribution is 7.88. The number of piperidine rings is 1. The number of hydrogen-bond acceptors (Lipinski definition) is 3. The predicted octanol–water partition coefficient (Wildman–Crippen LogP) is 2.38. The van der Waals surface area contributed by atoms with Gasteiger partial charge in [0, 0.05) is 25.1 Å². The Morgan fingerprint density at radius 1 is 1.43 bits per heavy atom. The summed E-state index contributed by atoms with van der Waals surface area (Å²) in [5.74, 6) is -0.350. The molecule has 0 N–H and O–H groups in total. The van der Waals surface area contributed by atoms with Crippen LogP contribution in [0.25, 0.3) is 0 Å². The summed E-state index contributed by atoms with van der Waals surface area (Å²) in [4.78, 5) is 12.2. The smallest absolute Gasteiger partial charge is 0.211 e. The van der Waals surface area contributed by atoms with Crippen LogP contribution in [0.5, 0.6) is 0 Å². The number of carbonyl (C=O) groups is 1. The van der Waals surface area contributed by atoms with Crippen LogP contribution in [0, 0.1) is 18.7 Å². The third-order valence-corrected chi connectivity index (χ3v) is 5.17. The van der Waals surface area contributed by atoms with Gasteiger partial charge in [0.15, 0.2) is 5.78 Å². The SMILES string of the molecule is Cc1cc(C(=O)CC2CCCN(S(C)(=O)=O)C2)ccc1F. The van der Waals surface area contributed by atoms with E-state index in [1.807, 2.05) is 0 Å². The Kier molecular flexibility index (Phi) is 4.78. The van der Waals surface area contributed by atoms with Gasteiger partial charge in [0.25, 0.3) is 0 Å². The number of hydrogen-bond donors (Lipinski definition) is 0. The molecule has 0 amide bonds. The maximum Gasteiger partial charge on any atom is 0.211 e. The molecule has 1 saturated heterocycles. The van der Waals surface area contributed by atoms with Crippen LogP contribution in [-0.4, -0.2) is 37.9 Å². The van der Waals surface area contributed by atoms with Crippen molar-refractivity contribution < 1.29 is 17.6 Å². The summed E-state index contributed by atoms with van der Waals surface area (Å²) in [5, 5.41) is 0. The maximum absolute atomic E-state index is 13.2. The van der Waals surface area contributed by atoms with Gasteiger partial charge < -0.3 is 0 Å². The molecular weight excluding hydrogens is 293 g/mol. The van der Waals surface area contributed by atoms with Gasteiger partial charge in [-0.1, -0.05) is 0 Å². The lowest BCUT2D eigenvalue weighted by Crippen LogP contribution is -2.39. The molecule has 1 aliphatic rings. The third-order valence-electron chi connectivity index (χ3n) is 3.90. The van der Waals surface area contributed by atoms with Crippen molar-refractivity contribution in [3.8, 4) is 0 Å². The number of carbonyl (C=O) groups excluding carboxylic acids is 1. The maximum atomic E-state index is 13.2. The van der Waals surface area contributed by atoms with Gasteiger partial charge in [-0.15, -0.1) is 0 Å². The molecule has 0 saturated carbocycles. The van der Waals surface area contributed by atoms with E-state index in [4.69, 9.17) is 0 Å². The fraction of sp³-hybridized carbons (Fsp3) is 0.533. The van der Waals surface area contributed by atoms with Crippen LogP contribution in [0.15, 0.2) is 18.2 Å². The van der Waals surface area contributed by atoms with Crippen LogP contribution in [0.3, 0.4) is 0 Å². The van der Waals surface area contributed by atoms with Crippen LogP contribution in [0.2, 0.25) is 0 Å². The molecule has 0 radical (unpaired) electrons. The molecule has 1 atom stereocenters. The highest BCUT2D eigenvalue weighted by Gasteiger charge is 2.27. The molecular formula is C15H20FNO3S. The van der Waals surface area contributed by atoms with Gasteiger partial charge in [0.2, 0.25) is 10.0 Å². The van der Waals surface area contributed by atoms with Gasteiger partial charge in [-0.3, -0.25) is 4.79 Å². The molecule has 1 aromatic carbocycles. The molecule has 1 unspecified atom stereocenters. The molecule has 116 valence electrons. The van der Waals surface area contributed by atoms with Crippen LogP contribution < -0.4 is 0 Å². The fourth-order valence-electron chi connectivity index (χ4n) is 2.69. The van der Waals surface area contributed by atoms with Crippen molar-refractivity contribution in [2.24, 2.45) is 5.92 Å². The molecule has 0 aliphatic carbocycles. The van der Waals surface area contributed by atoms with E-state index in [1.54, 1.807) is 13.0 Å². The normalized spacial score (nSPS) is 20.4. The topological polar surface area (TPSA) is 54.5 Å². The number of sulfonamides is 1. The number of aryl methyl sites for hydroxylation is 1. The molecule has 1 aromatic rings. The lowest BCUT2D eigenvalue weighted by Gasteiger charge is -2.30. The van der Waals surface area contributed by atoms with E-state index < -0.39 is 10.0 Å². The number of ketones is 1. The van der Waals surface area contributed by atoms with E-state index in [2.05, 4.69) is 0 Å².